The maximum atomic E-state index is 13.3. The maximum absolute atomic E-state index is 13.3. The van der Waals surface area contributed by atoms with Gasteiger partial charge in [-0.1, -0.05) is 25.4 Å². The lowest BCUT2D eigenvalue weighted by Gasteiger charge is -2.23. The first-order chi connectivity index (χ1) is 11.3. The average Bonchev–Trinajstić information content (AvgIpc) is 2.82. The third-order valence-electron chi connectivity index (χ3n) is 4.95. The topological polar surface area (TPSA) is 53.1 Å². The summed E-state index contributed by atoms with van der Waals surface area (Å²) in [5.41, 5.74) is 4.77. The largest absolute Gasteiger partial charge is 0.508 e. The van der Waals surface area contributed by atoms with Gasteiger partial charge in [0, 0.05) is 32.6 Å². The monoisotopic (exact) mass is 339 g/mol. The first-order valence-corrected chi connectivity index (χ1v) is 8.34. The van der Waals surface area contributed by atoms with Crippen LogP contribution in [0.25, 0.3) is 10.9 Å². The van der Waals surface area contributed by atoms with Crippen molar-refractivity contribution in [3.05, 3.63) is 63.3 Å². The molecule has 0 fully saturated rings. The number of aromatic nitrogens is 1. The number of aromatic amines is 1. The number of ketones is 1. The van der Waals surface area contributed by atoms with E-state index in [1.165, 1.54) is 0 Å². The van der Waals surface area contributed by atoms with Crippen molar-refractivity contribution in [2.45, 2.75) is 32.6 Å². The molecule has 0 amide bonds. The van der Waals surface area contributed by atoms with E-state index >= 15 is 0 Å². The normalized spacial score (nSPS) is 15.9. The van der Waals surface area contributed by atoms with E-state index in [1.807, 2.05) is 19.1 Å². The zero-order valence-electron chi connectivity index (χ0n) is 13.8. The van der Waals surface area contributed by atoms with Gasteiger partial charge < -0.3 is 10.1 Å². The highest BCUT2D eigenvalue weighted by Gasteiger charge is 2.35. The fourth-order valence-electron chi connectivity index (χ4n) is 3.71. The van der Waals surface area contributed by atoms with E-state index in [4.69, 9.17) is 11.6 Å². The number of rotatable bonds is 0. The number of phenolic OH excluding ortho intramolecular Hbond substituents is 1. The van der Waals surface area contributed by atoms with Crippen LogP contribution in [0.5, 0.6) is 5.75 Å². The van der Waals surface area contributed by atoms with Crippen molar-refractivity contribution in [1.29, 1.82) is 0 Å². The lowest BCUT2D eigenvalue weighted by molar-refractivity contribution is 0.103. The number of aryl methyl sites for hydroxylation is 1. The number of nitrogens with one attached hydrogen (secondary N) is 1. The quantitative estimate of drug-likeness (QED) is 0.612. The molecule has 0 bridgehead atoms. The number of benzene rings is 2. The van der Waals surface area contributed by atoms with Crippen LogP contribution in [0.1, 0.15) is 46.6 Å². The zero-order chi connectivity index (χ0) is 17.2. The van der Waals surface area contributed by atoms with Crippen molar-refractivity contribution in [3.63, 3.8) is 0 Å². The Balaban J connectivity index is 2.09. The molecule has 1 aromatic heterocycles. The highest BCUT2D eigenvalue weighted by atomic mass is 35.5. The van der Waals surface area contributed by atoms with Gasteiger partial charge in [-0.25, -0.2) is 0 Å². The number of hydrogen-bond donors (Lipinski definition) is 2. The molecule has 0 saturated heterocycles. The number of phenols is 1. The second-order valence-electron chi connectivity index (χ2n) is 7.25. The maximum Gasteiger partial charge on any atom is 0.195 e. The van der Waals surface area contributed by atoms with E-state index in [0.29, 0.717) is 17.0 Å². The second kappa shape index (κ2) is 4.87. The molecular formula is C20H18ClNO2. The van der Waals surface area contributed by atoms with Crippen LogP contribution in [0, 0.1) is 6.92 Å². The fraction of sp³-hybridized carbons (Fsp3) is 0.250. The standard InChI is InChI=1S/C20H18ClNO2/c1-10-6-14-16(8-15(10)21)22-19-17(14)18(24)13-5-4-12(23)7-11(13)9-20(19,2)3/h4-8,22-23H,9H2,1-3H3. The van der Waals surface area contributed by atoms with Crippen LogP contribution >= 0.6 is 11.6 Å². The molecule has 2 N–H and O–H groups in total. The Morgan fingerprint density at radius 2 is 1.96 bits per heavy atom. The molecule has 0 radical (unpaired) electrons. The van der Waals surface area contributed by atoms with Crippen LogP contribution in [0.3, 0.4) is 0 Å². The Kier molecular flexibility index (Phi) is 3.10. The molecule has 3 nitrogen and oxygen atoms in total. The molecule has 0 saturated carbocycles. The number of aromatic hydroxyl groups is 1. The van der Waals surface area contributed by atoms with E-state index in [9.17, 15) is 9.90 Å². The van der Waals surface area contributed by atoms with E-state index in [1.54, 1.807) is 18.2 Å². The van der Waals surface area contributed by atoms with Crippen molar-refractivity contribution < 1.29 is 9.90 Å². The van der Waals surface area contributed by atoms with Crippen LogP contribution < -0.4 is 0 Å². The van der Waals surface area contributed by atoms with Crippen molar-refractivity contribution in [3.8, 4) is 5.75 Å². The number of carbonyl (C=O) groups is 1. The Labute approximate surface area is 145 Å². The lowest BCUT2D eigenvalue weighted by atomic mass is 9.82. The Hall–Kier alpha value is -2.26. The van der Waals surface area contributed by atoms with Gasteiger partial charge >= 0.3 is 0 Å². The first kappa shape index (κ1) is 15.3. The van der Waals surface area contributed by atoms with Crippen molar-refractivity contribution in [2.24, 2.45) is 0 Å². The van der Waals surface area contributed by atoms with Gasteiger partial charge in [-0.15, -0.1) is 0 Å². The molecule has 4 rings (SSSR count). The molecule has 1 aliphatic rings. The predicted octanol–water partition coefficient (Wildman–Crippen LogP) is 4.90. The third-order valence-corrected chi connectivity index (χ3v) is 5.35. The summed E-state index contributed by atoms with van der Waals surface area (Å²) in [5.74, 6) is 0.189. The van der Waals surface area contributed by atoms with E-state index in [0.717, 1.165) is 33.3 Å². The van der Waals surface area contributed by atoms with E-state index in [-0.39, 0.29) is 16.9 Å². The molecule has 2 aromatic carbocycles. The molecule has 122 valence electrons. The van der Waals surface area contributed by atoms with Crippen molar-refractivity contribution >= 4 is 28.3 Å². The van der Waals surface area contributed by atoms with Crippen LogP contribution in [0.4, 0.5) is 0 Å². The van der Waals surface area contributed by atoms with Gasteiger partial charge in [-0.05, 0) is 54.8 Å². The van der Waals surface area contributed by atoms with Crippen LogP contribution in [-0.4, -0.2) is 15.9 Å². The second-order valence-corrected chi connectivity index (χ2v) is 7.66. The molecule has 4 heteroatoms. The van der Waals surface area contributed by atoms with Gasteiger partial charge in [-0.2, -0.15) is 0 Å². The van der Waals surface area contributed by atoms with Gasteiger partial charge in [0.05, 0.1) is 5.56 Å². The molecule has 1 aliphatic carbocycles. The molecule has 0 atom stereocenters. The summed E-state index contributed by atoms with van der Waals surface area (Å²) in [5, 5.41) is 11.4. The minimum atomic E-state index is -0.260. The van der Waals surface area contributed by atoms with Crippen molar-refractivity contribution in [2.75, 3.05) is 0 Å². The third kappa shape index (κ3) is 2.08. The lowest BCUT2D eigenvalue weighted by Crippen LogP contribution is -2.21. The molecule has 1 heterocycles. The number of hydrogen-bond acceptors (Lipinski definition) is 2. The van der Waals surface area contributed by atoms with Gasteiger partial charge in [-0.3, -0.25) is 4.79 Å². The van der Waals surface area contributed by atoms with Crippen molar-refractivity contribution in [1.82, 2.24) is 4.98 Å². The summed E-state index contributed by atoms with van der Waals surface area (Å²) in [4.78, 5) is 16.7. The minimum Gasteiger partial charge on any atom is -0.508 e. The molecule has 24 heavy (non-hydrogen) atoms. The molecular weight excluding hydrogens is 322 g/mol. The van der Waals surface area contributed by atoms with Gasteiger partial charge in [0.2, 0.25) is 0 Å². The number of H-pyrrole nitrogens is 1. The van der Waals surface area contributed by atoms with E-state index in [2.05, 4.69) is 18.8 Å². The summed E-state index contributed by atoms with van der Waals surface area (Å²) in [6.45, 7) is 6.17. The molecule has 0 unspecified atom stereocenters. The van der Waals surface area contributed by atoms with Gasteiger partial charge in [0.25, 0.3) is 0 Å². The van der Waals surface area contributed by atoms with Crippen LogP contribution in [-0.2, 0) is 11.8 Å². The Bertz CT molecular complexity index is 1010. The SMILES string of the molecule is Cc1cc2c3c([nH]c2cc1Cl)C(C)(C)Cc1cc(O)ccc1C3=O. The van der Waals surface area contributed by atoms with E-state index < -0.39 is 0 Å². The summed E-state index contributed by atoms with van der Waals surface area (Å²) in [6.07, 6.45) is 0.676. The van der Waals surface area contributed by atoms with Crippen LogP contribution in [0.15, 0.2) is 30.3 Å². The predicted molar refractivity (Wildman–Crippen MR) is 96.3 cm³/mol. The number of carbonyl (C=O) groups excluding carboxylic acids is 1. The van der Waals surface area contributed by atoms with Crippen LogP contribution in [0.2, 0.25) is 5.02 Å². The Morgan fingerprint density at radius 1 is 1.21 bits per heavy atom. The highest BCUT2D eigenvalue weighted by Crippen LogP contribution is 2.41. The summed E-state index contributed by atoms with van der Waals surface area (Å²) >= 11 is 6.26. The first-order valence-electron chi connectivity index (χ1n) is 7.97. The summed E-state index contributed by atoms with van der Waals surface area (Å²) in [6, 6.07) is 8.87. The Morgan fingerprint density at radius 3 is 2.71 bits per heavy atom. The number of halogens is 1. The minimum absolute atomic E-state index is 0.00134. The summed E-state index contributed by atoms with van der Waals surface area (Å²) < 4.78 is 0. The smallest absolute Gasteiger partial charge is 0.195 e. The molecule has 0 aliphatic heterocycles. The van der Waals surface area contributed by atoms with Gasteiger partial charge in [0.15, 0.2) is 5.78 Å². The molecule has 0 spiro atoms. The fourth-order valence-corrected chi connectivity index (χ4v) is 3.88. The molecule has 3 aromatic rings. The average molecular weight is 340 g/mol. The van der Waals surface area contributed by atoms with Gasteiger partial charge in [0.1, 0.15) is 5.75 Å². The number of fused-ring (bicyclic) bond motifs is 4. The highest BCUT2D eigenvalue weighted by molar-refractivity contribution is 6.32. The summed E-state index contributed by atoms with van der Waals surface area (Å²) in [7, 11) is 0. The zero-order valence-corrected chi connectivity index (χ0v) is 14.6.